The van der Waals surface area contributed by atoms with Gasteiger partial charge in [-0.2, -0.15) is 16.7 Å². The van der Waals surface area contributed by atoms with Crippen molar-refractivity contribution < 1.29 is 4.52 Å². The third-order valence-corrected chi connectivity index (χ3v) is 5.49. The van der Waals surface area contributed by atoms with Crippen molar-refractivity contribution in [1.29, 1.82) is 0 Å². The zero-order valence-electron chi connectivity index (χ0n) is 16.2. The van der Waals surface area contributed by atoms with Gasteiger partial charge in [0.2, 0.25) is 5.89 Å². The summed E-state index contributed by atoms with van der Waals surface area (Å²) < 4.78 is 5.35. The van der Waals surface area contributed by atoms with Crippen LogP contribution in [0.15, 0.2) is 9.52 Å². The molecule has 2 heterocycles. The SMILES string of the molecule is CCNC(=NCc1noc(C(C)(C)C)n1)N1CCSC(C(C)C)C1.I. The Hall–Kier alpha value is -0.510. The number of rotatable bonds is 4. The Morgan fingerprint density at radius 1 is 1.44 bits per heavy atom. The lowest BCUT2D eigenvalue weighted by Gasteiger charge is -2.36. The van der Waals surface area contributed by atoms with E-state index in [4.69, 9.17) is 9.52 Å². The van der Waals surface area contributed by atoms with Gasteiger partial charge in [0.25, 0.3) is 0 Å². The summed E-state index contributed by atoms with van der Waals surface area (Å²) in [5.41, 5.74) is -0.131. The summed E-state index contributed by atoms with van der Waals surface area (Å²) in [4.78, 5) is 11.6. The second kappa shape index (κ2) is 9.99. The van der Waals surface area contributed by atoms with Crippen molar-refractivity contribution in [3.8, 4) is 0 Å². The highest BCUT2D eigenvalue weighted by Crippen LogP contribution is 2.25. The normalized spacial score (nSPS) is 19.1. The van der Waals surface area contributed by atoms with Crippen LogP contribution in [0, 0.1) is 5.92 Å². The number of nitrogens with one attached hydrogen (secondary N) is 1. The molecule has 1 aromatic heterocycles. The van der Waals surface area contributed by atoms with E-state index in [0.717, 1.165) is 31.3 Å². The van der Waals surface area contributed by atoms with Gasteiger partial charge < -0.3 is 14.7 Å². The van der Waals surface area contributed by atoms with Crippen molar-refractivity contribution in [3.05, 3.63) is 11.7 Å². The first-order valence-corrected chi connectivity index (χ1v) is 9.84. The van der Waals surface area contributed by atoms with E-state index in [1.165, 1.54) is 0 Å². The molecule has 0 amide bonds. The molecule has 2 rings (SSSR count). The lowest BCUT2D eigenvalue weighted by atomic mass is 9.97. The molecule has 6 nitrogen and oxygen atoms in total. The maximum atomic E-state index is 5.35. The van der Waals surface area contributed by atoms with E-state index in [1.54, 1.807) is 0 Å². The van der Waals surface area contributed by atoms with E-state index in [9.17, 15) is 0 Å². The standard InChI is InChI=1S/C17H31N5OS.HI/c1-7-18-16(22-8-9-24-13(11-22)12(2)3)19-10-14-20-15(23-21-14)17(4,5)6;/h12-13H,7-11H2,1-6H3,(H,18,19);1H. The first-order chi connectivity index (χ1) is 11.3. The Kier molecular flexibility index (Phi) is 9.00. The number of hydrogen-bond donors (Lipinski definition) is 1. The first-order valence-electron chi connectivity index (χ1n) is 8.79. The predicted octanol–water partition coefficient (Wildman–Crippen LogP) is 3.52. The maximum absolute atomic E-state index is 5.35. The molecule has 25 heavy (non-hydrogen) atoms. The molecule has 0 aliphatic carbocycles. The molecule has 0 saturated carbocycles. The third-order valence-electron chi connectivity index (χ3n) is 3.95. The summed E-state index contributed by atoms with van der Waals surface area (Å²) in [7, 11) is 0. The second-order valence-corrected chi connectivity index (χ2v) is 8.88. The van der Waals surface area contributed by atoms with Crippen molar-refractivity contribution in [1.82, 2.24) is 20.4 Å². The predicted molar refractivity (Wildman–Crippen MR) is 116 cm³/mol. The van der Waals surface area contributed by atoms with Crippen molar-refractivity contribution in [3.63, 3.8) is 0 Å². The Balaban J connectivity index is 0.00000312. The smallest absolute Gasteiger partial charge is 0.232 e. The van der Waals surface area contributed by atoms with E-state index in [0.29, 0.717) is 29.4 Å². The van der Waals surface area contributed by atoms with E-state index in [-0.39, 0.29) is 29.4 Å². The number of thioether (sulfide) groups is 1. The first kappa shape index (κ1) is 22.5. The quantitative estimate of drug-likeness (QED) is 0.403. The molecule has 0 bridgehead atoms. The topological polar surface area (TPSA) is 66.5 Å². The van der Waals surface area contributed by atoms with Crippen molar-refractivity contribution in [2.75, 3.05) is 25.4 Å². The molecule has 1 aromatic rings. The fourth-order valence-corrected chi connectivity index (χ4v) is 3.76. The summed E-state index contributed by atoms with van der Waals surface area (Å²) in [6.07, 6.45) is 0. The lowest BCUT2D eigenvalue weighted by molar-refractivity contribution is 0.318. The minimum absolute atomic E-state index is 0. The molecular formula is C17H32IN5OS. The molecular weight excluding hydrogens is 449 g/mol. The number of halogens is 1. The highest BCUT2D eigenvalue weighted by Gasteiger charge is 2.25. The number of aliphatic imine (C=N–C) groups is 1. The molecule has 0 radical (unpaired) electrons. The van der Waals surface area contributed by atoms with Gasteiger partial charge in [0.05, 0.1) is 0 Å². The Labute approximate surface area is 173 Å². The van der Waals surface area contributed by atoms with E-state index in [1.807, 2.05) is 0 Å². The molecule has 0 aromatic carbocycles. The molecule has 1 saturated heterocycles. The van der Waals surface area contributed by atoms with Crippen LogP contribution >= 0.6 is 35.7 Å². The Bertz CT molecular complexity index is 555. The van der Waals surface area contributed by atoms with Crippen LogP contribution in [0.25, 0.3) is 0 Å². The van der Waals surface area contributed by atoms with Gasteiger partial charge in [0, 0.05) is 36.1 Å². The minimum atomic E-state index is -0.131. The fourth-order valence-electron chi connectivity index (χ4n) is 2.47. The average Bonchev–Trinajstić information content (AvgIpc) is 3.00. The highest BCUT2D eigenvalue weighted by molar-refractivity contribution is 14.0. The van der Waals surface area contributed by atoms with Crippen LogP contribution in [-0.4, -0.2) is 51.6 Å². The molecule has 1 atom stereocenters. The molecule has 144 valence electrons. The summed E-state index contributed by atoms with van der Waals surface area (Å²) in [5.74, 6) is 4.07. The molecule has 1 N–H and O–H groups in total. The summed E-state index contributed by atoms with van der Waals surface area (Å²) in [5, 5.41) is 8.11. The van der Waals surface area contributed by atoms with Crippen molar-refractivity contribution in [2.45, 2.75) is 58.8 Å². The molecule has 0 spiro atoms. The number of aromatic nitrogens is 2. The van der Waals surface area contributed by atoms with Crippen LogP contribution in [-0.2, 0) is 12.0 Å². The van der Waals surface area contributed by atoms with Crippen LogP contribution < -0.4 is 5.32 Å². The summed E-state index contributed by atoms with van der Waals surface area (Å²) in [6.45, 7) is 16.2. The van der Waals surface area contributed by atoms with Crippen LogP contribution in [0.2, 0.25) is 0 Å². The number of hydrogen-bond acceptors (Lipinski definition) is 5. The van der Waals surface area contributed by atoms with Crippen LogP contribution in [0.1, 0.15) is 53.3 Å². The third kappa shape index (κ3) is 6.62. The van der Waals surface area contributed by atoms with Crippen LogP contribution in [0.3, 0.4) is 0 Å². The minimum Gasteiger partial charge on any atom is -0.357 e. The van der Waals surface area contributed by atoms with Gasteiger partial charge in [0.1, 0.15) is 6.54 Å². The zero-order valence-corrected chi connectivity index (χ0v) is 19.4. The van der Waals surface area contributed by atoms with Gasteiger partial charge >= 0.3 is 0 Å². The van der Waals surface area contributed by atoms with Crippen LogP contribution in [0.5, 0.6) is 0 Å². The lowest BCUT2D eigenvalue weighted by Crippen LogP contribution is -2.49. The van der Waals surface area contributed by atoms with E-state index >= 15 is 0 Å². The van der Waals surface area contributed by atoms with Crippen LogP contribution in [0.4, 0.5) is 0 Å². The van der Waals surface area contributed by atoms with Crippen molar-refractivity contribution >= 4 is 41.7 Å². The van der Waals surface area contributed by atoms with Crippen molar-refractivity contribution in [2.24, 2.45) is 10.9 Å². The summed E-state index contributed by atoms with van der Waals surface area (Å²) >= 11 is 2.07. The molecule has 1 aliphatic rings. The van der Waals surface area contributed by atoms with Gasteiger partial charge in [-0.3, -0.25) is 0 Å². The van der Waals surface area contributed by atoms with E-state index < -0.39 is 0 Å². The molecule has 1 fully saturated rings. The Morgan fingerprint density at radius 3 is 2.72 bits per heavy atom. The van der Waals surface area contributed by atoms with Gasteiger partial charge in [0.15, 0.2) is 11.8 Å². The monoisotopic (exact) mass is 481 g/mol. The van der Waals surface area contributed by atoms with Gasteiger partial charge in [-0.15, -0.1) is 24.0 Å². The molecule has 1 aliphatic heterocycles. The van der Waals surface area contributed by atoms with Gasteiger partial charge in [-0.1, -0.05) is 39.8 Å². The fraction of sp³-hybridized carbons (Fsp3) is 0.824. The second-order valence-electron chi connectivity index (χ2n) is 7.54. The Morgan fingerprint density at radius 2 is 2.16 bits per heavy atom. The van der Waals surface area contributed by atoms with Gasteiger partial charge in [-0.25, -0.2) is 4.99 Å². The largest absolute Gasteiger partial charge is 0.357 e. The zero-order chi connectivity index (χ0) is 17.7. The number of nitrogens with zero attached hydrogens (tertiary/aromatic N) is 4. The highest BCUT2D eigenvalue weighted by atomic mass is 127. The maximum Gasteiger partial charge on any atom is 0.232 e. The molecule has 1 unspecified atom stereocenters. The van der Waals surface area contributed by atoms with Gasteiger partial charge in [-0.05, 0) is 12.8 Å². The number of guanidine groups is 1. The molecule has 8 heteroatoms. The van der Waals surface area contributed by atoms with E-state index in [2.05, 4.69) is 73.7 Å². The average molecular weight is 481 g/mol. The summed E-state index contributed by atoms with van der Waals surface area (Å²) in [6, 6.07) is 0.